The number of halogens is 1. The summed E-state index contributed by atoms with van der Waals surface area (Å²) in [4.78, 5) is 11.6. The minimum atomic E-state index is 0.124. The van der Waals surface area contributed by atoms with Crippen LogP contribution in [0.25, 0.3) is 0 Å². The molecule has 1 rings (SSSR count). The fourth-order valence-corrected chi connectivity index (χ4v) is 2.03. The fourth-order valence-electron chi connectivity index (χ4n) is 0.898. The van der Waals surface area contributed by atoms with E-state index in [0.29, 0.717) is 11.3 Å². The lowest BCUT2D eigenvalue weighted by molar-refractivity contribution is 0.112. The molecule has 13 heavy (non-hydrogen) atoms. The maximum Gasteiger partial charge on any atom is 0.151 e. The predicted octanol–water partition coefficient (Wildman–Crippen LogP) is 2.35. The second kappa shape index (κ2) is 5.42. The number of hydrogen-bond donors (Lipinski definition) is 1. The number of aliphatic hydroxyl groups excluding tert-OH is 1. The molecule has 0 radical (unpaired) electrons. The van der Waals surface area contributed by atoms with Crippen molar-refractivity contribution in [2.24, 2.45) is 0 Å². The predicted molar refractivity (Wildman–Crippen MR) is 57.3 cm³/mol. The van der Waals surface area contributed by atoms with Gasteiger partial charge in [0.15, 0.2) is 6.29 Å². The Labute approximate surface area is 89.5 Å². The molecule has 0 spiro atoms. The fraction of sp³-hybridized carbons (Fsp3) is 0.222. The van der Waals surface area contributed by atoms with E-state index in [0.717, 1.165) is 15.7 Å². The van der Waals surface area contributed by atoms with Gasteiger partial charge in [-0.3, -0.25) is 4.79 Å². The summed E-state index contributed by atoms with van der Waals surface area (Å²) in [6, 6.07) is 5.52. The lowest BCUT2D eigenvalue weighted by Crippen LogP contribution is -1.89. The zero-order valence-corrected chi connectivity index (χ0v) is 9.27. The Hall–Kier alpha value is -0.320. The quantitative estimate of drug-likeness (QED) is 0.667. The van der Waals surface area contributed by atoms with Crippen LogP contribution in [0.2, 0.25) is 0 Å². The van der Waals surface area contributed by atoms with Crippen molar-refractivity contribution >= 4 is 34.0 Å². The van der Waals surface area contributed by atoms with Gasteiger partial charge in [-0.05, 0) is 18.2 Å². The molecule has 0 aliphatic carbocycles. The van der Waals surface area contributed by atoms with Crippen LogP contribution in [-0.2, 0) is 0 Å². The number of hydrogen-bond acceptors (Lipinski definition) is 3. The van der Waals surface area contributed by atoms with Gasteiger partial charge < -0.3 is 5.11 Å². The van der Waals surface area contributed by atoms with E-state index in [1.165, 1.54) is 11.8 Å². The molecule has 1 aromatic rings. The van der Waals surface area contributed by atoms with E-state index in [1.54, 1.807) is 6.07 Å². The van der Waals surface area contributed by atoms with Gasteiger partial charge in [0.2, 0.25) is 0 Å². The molecule has 0 atom stereocenters. The van der Waals surface area contributed by atoms with Crippen LogP contribution in [0.15, 0.2) is 27.6 Å². The third kappa shape index (κ3) is 3.14. The largest absolute Gasteiger partial charge is 0.396 e. The molecule has 0 saturated heterocycles. The first-order valence-corrected chi connectivity index (χ1v) is 5.54. The molecule has 0 heterocycles. The highest BCUT2D eigenvalue weighted by atomic mass is 79.9. The van der Waals surface area contributed by atoms with Crippen LogP contribution >= 0.6 is 27.7 Å². The Bertz CT molecular complexity index is 302. The molecule has 0 fully saturated rings. The van der Waals surface area contributed by atoms with Crippen molar-refractivity contribution < 1.29 is 9.90 Å². The number of aldehydes is 1. The van der Waals surface area contributed by atoms with Crippen LogP contribution in [0.1, 0.15) is 10.4 Å². The number of thioether (sulfide) groups is 1. The molecule has 0 aliphatic heterocycles. The number of aliphatic hydroxyl groups is 1. The highest BCUT2D eigenvalue weighted by molar-refractivity contribution is 9.10. The smallest absolute Gasteiger partial charge is 0.151 e. The van der Waals surface area contributed by atoms with Gasteiger partial charge in [0, 0.05) is 20.7 Å². The van der Waals surface area contributed by atoms with Crippen LogP contribution in [0.4, 0.5) is 0 Å². The Morgan fingerprint density at radius 3 is 2.92 bits per heavy atom. The number of benzene rings is 1. The van der Waals surface area contributed by atoms with Crippen molar-refractivity contribution in [1.82, 2.24) is 0 Å². The molecule has 2 nitrogen and oxygen atoms in total. The molecule has 0 amide bonds. The van der Waals surface area contributed by atoms with E-state index in [4.69, 9.17) is 5.11 Å². The van der Waals surface area contributed by atoms with Gasteiger partial charge in [0.25, 0.3) is 0 Å². The first-order valence-electron chi connectivity index (χ1n) is 3.76. The Kier molecular flexibility index (Phi) is 4.48. The molecule has 4 heteroatoms. The zero-order chi connectivity index (χ0) is 9.68. The average Bonchev–Trinajstić information content (AvgIpc) is 2.16. The molecule has 0 bridgehead atoms. The first kappa shape index (κ1) is 10.8. The summed E-state index contributed by atoms with van der Waals surface area (Å²) >= 11 is 4.77. The molecule has 70 valence electrons. The lowest BCUT2D eigenvalue weighted by Gasteiger charge is -2.03. The molecule has 0 aliphatic rings. The maximum atomic E-state index is 10.6. The van der Waals surface area contributed by atoms with Gasteiger partial charge in [-0.15, -0.1) is 11.8 Å². The van der Waals surface area contributed by atoms with Crippen LogP contribution in [0.3, 0.4) is 0 Å². The van der Waals surface area contributed by atoms with Crippen molar-refractivity contribution in [3.63, 3.8) is 0 Å². The zero-order valence-electron chi connectivity index (χ0n) is 6.87. The normalized spacial score (nSPS) is 10.0. The van der Waals surface area contributed by atoms with Crippen LogP contribution in [0.5, 0.6) is 0 Å². The third-order valence-electron chi connectivity index (χ3n) is 1.45. The van der Waals surface area contributed by atoms with E-state index in [1.807, 2.05) is 12.1 Å². The minimum Gasteiger partial charge on any atom is -0.396 e. The van der Waals surface area contributed by atoms with Crippen molar-refractivity contribution in [2.75, 3.05) is 12.4 Å². The SMILES string of the molecule is O=Cc1cc(Br)ccc1SCCO. The summed E-state index contributed by atoms with van der Waals surface area (Å²) in [7, 11) is 0. The van der Waals surface area contributed by atoms with Gasteiger partial charge in [0.05, 0.1) is 6.61 Å². The maximum absolute atomic E-state index is 10.6. The van der Waals surface area contributed by atoms with Gasteiger partial charge in [-0.25, -0.2) is 0 Å². The van der Waals surface area contributed by atoms with E-state index in [9.17, 15) is 4.79 Å². The van der Waals surface area contributed by atoms with Gasteiger partial charge in [0.1, 0.15) is 0 Å². The van der Waals surface area contributed by atoms with E-state index < -0.39 is 0 Å². The Morgan fingerprint density at radius 2 is 2.31 bits per heavy atom. The van der Waals surface area contributed by atoms with E-state index >= 15 is 0 Å². The molecule has 0 aromatic heterocycles. The topological polar surface area (TPSA) is 37.3 Å². The van der Waals surface area contributed by atoms with Crippen molar-refractivity contribution in [3.05, 3.63) is 28.2 Å². The van der Waals surface area contributed by atoms with Crippen LogP contribution < -0.4 is 0 Å². The average molecular weight is 261 g/mol. The van der Waals surface area contributed by atoms with Gasteiger partial charge >= 0.3 is 0 Å². The van der Waals surface area contributed by atoms with Crippen LogP contribution in [0, 0.1) is 0 Å². The molecule has 1 N–H and O–H groups in total. The summed E-state index contributed by atoms with van der Waals surface area (Å²) in [5.74, 6) is 0.614. The monoisotopic (exact) mass is 260 g/mol. The van der Waals surface area contributed by atoms with E-state index in [2.05, 4.69) is 15.9 Å². The van der Waals surface area contributed by atoms with Crippen molar-refractivity contribution in [2.45, 2.75) is 4.90 Å². The molecular formula is C9H9BrO2S. The van der Waals surface area contributed by atoms with Crippen molar-refractivity contribution in [3.8, 4) is 0 Å². The molecule has 1 aromatic carbocycles. The first-order chi connectivity index (χ1) is 6.27. The summed E-state index contributed by atoms with van der Waals surface area (Å²) in [6.07, 6.45) is 0.824. The molecular weight excluding hydrogens is 252 g/mol. The third-order valence-corrected chi connectivity index (χ3v) is 3.01. The second-order valence-electron chi connectivity index (χ2n) is 2.37. The number of carbonyl (C=O) groups is 1. The second-order valence-corrected chi connectivity index (χ2v) is 4.42. The van der Waals surface area contributed by atoms with Gasteiger partial charge in [-0.2, -0.15) is 0 Å². The van der Waals surface area contributed by atoms with Crippen molar-refractivity contribution in [1.29, 1.82) is 0 Å². The Balaban J connectivity index is 2.86. The lowest BCUT2D eigenvalue weighted by atomic mass is 10.2. The van der Waals surface area contributed by atoms with Crippen LogP contribution in [-0.4, -0.2) is 23.8 Å². The Morgan fingerprint density at radius 1 is 1.54 bits per heavy atom. The molecule has 0 saturated carbocycles. The molecule has 0 unspecified atom stereocenters. The van der Waals surface area contributed by atoms with E-state index in [-0.39, 0.29) is 6.61 Å². The highest BCUT2D eigenvalue weighted by Crippen LogP contribution is 2.24. The summed E-state index contributed by atoms with van der Waals surface area (Å²) in [6.45, 7) is 0.124. The summed E-state index contributed by atoms with van der Waals surface area (Å²) < 4.78 is 0.892. The highest BCUT2D eigenvalue weighted by Gasteiger charge is 2.02. The number of rotatable bonds is 4. The van der Waals surface area contributed by atoms with Gasteiger partial charge in [-0.1, -0.05) is 15.9 Å². The summed E-state index contributed by atoms with van der Waals surface area (Å²) in [5.41, 5.74) is 0.660. The number of carbonyl (C=O) groups excluding carboxylic acids is 1. The standard InChI is InChI=1S/C9H9BrO2S/c10-8-1-2-9(13-4-3-11)7(5-8)6-12/h1-2,5-6,11H,3-4H2. The minimum absolute atomic E-state index is 0.124. The summed E-state index contributed by atoms with van der Waals surface area (Å²) in [5, 5.41) is 8.63.